The maximum atomic E-state index is 12.3. The lowest BCUT2D eigenvalue weighted by molar-refractivity contribution is 0.00218. The summed E-state index contributed by atoms with van der Waals surface area (Å²) in [5.74, 6) is 1.49. The third-order valence-corrected chi connectivity index (χ3v) is 5.96. The van der Waals surface area contributed by atoms with Gasteiger partial charge in [0.25, 0.3) is 5.91 Å². The largest absolute Gasteiger partial charge is 0.485 e. The van der Waals surface area contributed by atoms with E-state index in [1.54, 1.807) is 0 Å². The molecule has 1 unspecified atom stereocenters. The molecule has 1 atom stereocenters. The van der Waals surface area contributed by atoms with Gasteiger partial charge in [-0.15, -0.1) is 0 Å². The van der Waals surface area contributed by atoms with E-state index in [1.165, 1.54) is 32.4 Å². The van der Waals surface area contributed by atoms with Gasteiger partial charge in [0, 0.05) is 32.5 Å². The number of hydrogen-bond acceptors (Lipinski definition) is 4. The third kappa shape index (κ3) is 3.82. The molecule has 4 rings (SSSR count). The Kier molecular flexibility index (Phi) is 4.95. The van der Waals surface area contributed by atoms with Gasteiger partial charge in [-0.2, -0.15) is 0 Å². The Balaban J connectivity index is 1.38. The van der Waals surface area contributed by atoms with E-state index in [9.17, 15) is 4.79 Å². The highest BCUT2D eigenvalue weighted by Crippen LogP contribution is 2.33. The van der Waals surface area contributed by atoms with Crippen LogP contribution in [-0.4, -0.2) is 55.7 Å². The molecule has 3 aliphatic rings. The monoisotopic (exact) mass is 343 g/mol. The van der Waals surface area contributed by atoms with Crippen molar-refractivity contribution in [2.24, 2.45) is 5.92 Å². The first-order valence-electron chi connectivity index (χ1n) is 9.73. The van der Waals surface area contributed by atoms with E-state index < -0.39 is 0 Å². The number of hydrogen-bond donors (Lipinski definition) is 2. The number of benzene rings is 1. The molecule has 3 aliphatic heterocycles. The van der Waals surface area contributed by atoms with Crippen LogP contribution < -0.4 is 15.4 Å². The quantitative estimate of drug-likeness (QED) is 0.863. The highest BCUT2D eigenvalue weighted by molar-refractivity contribution is 5.97. The summed E-state index contributed by atoms with van der Waals surface area (Å²) in [6.45, 7) is 6.22. The van der Waals surface area contributed by atoms with Gasteiger partial charge >= 0.3 is 0 Å². The van der Waals surface area contributed by atoms with Gasteiger partial charge < -0.3 is 20.3 Å². The highest BCUT2D eigenvalue weighted by Gasteiger charge is 2.40. The van der Waals surface area contributed by atoms with E-state index in [4.69, 9.17) is 4.74 Å². The average molecular weight is 343 g/mol. The van der Waals surface area contributed by atoms with E-state index in [0.717, 1.165) is 44.1 Å². The Bertz CT molecular complexity index is 603. The molecule has 1 aromatic carbocycles. The third-order valence-electron chi connectivity index (χ3n) is 5.96. The molecule has 2 saturated heterocycles. The number of nitrogens with one attached hydrogen (secondary N) is 2. The maximum absolute atomic E-state index is 12.3. The fraction of sp³-hybridized carbons (Fsp3) is 0.650. The van der Waals surface area contributed by atoms with Gasteiger partial charge in [0.05, 0.1) is 12.1 Å². The molecule has 5 heteroatoms. The molecular formula is C20H29N3O2. The molecule has 5 nitrogen and oxygen atoms in total. The summed E-state index contributed by atoms with van der Waals surface area (Å²) in [5, 5.41) is 6.64. The summed E-state index contributed by atoms with van der Waals surface area (Å²) in [5.41, 5.74) is 0.409. The number of likely N-dealkylation sites (tertiary alicyclic amines) is 1. The Morgan fingerprint density at radius 3 is 2.92 bits per heavy atom. The standard InChI is InChI=1S/C20H29N3O2/c24-19-17-6-1-2-7-18(17)25-20(15-22-19)8-11-23(12-9-20)14-16-5-3-4-10-21-13-16/h1-2,6-7,16,21H,3-5,8-15H2,(H,22,24). The number of carbonyl (C=O) groups excluding carboxylic acids is 1. The van der Waals surface area contributed by atoms with Crippen LogP contribution in [0.1, 0.15) is 42.5 Å². The van der Waals surface area contributed by atoms with Crippen molar-refractivity contribution in [3.05, 3.63) is 29.8 Å². The summed E-state index contributed by atoms with van der Waals surface area (Å²) < 4.78 is 6.39. The van der Waals surface area contributed by atoms with Crippen LogP contribution in [0.3, 0.4) is 0 Å². The smallest absolute Gasteiger partial charge is 0.255 e. The van der Waals surface area contributed by atoms with Crippen LogP contribution in [0.15, 0.2) is 24.3 Å². The van der Waals surface area contributed by atoms with Gasteiger partial charge in [0.1, 0.15) is 11.4 Å². The zero-order chi connectivity index (χ0) is 17.1. The molecule has 0 bridgehead atoms. The zero-order valence-corrected chi connectivity index (χ0v) is 14.9. The van der Waals surface area contributed by atoms with Crippen LogP contribution in [0.4, 0.5) is 0 Å². The molecule has 25 heavy (non-hydrogen) atoms. The van der Waals surface area contributed by atoms with E-state index in [1.807, 2.05) is 24.3 Å². The van der Waals surface area contributed by atoms with Gasteiger partial charge in [-0.1, -0.05) is 18.6 Å². The number of amides is 1. The summed E-state index contributed by atoms with van der Waals surface area (Å²) in [4.78, 5) is 14.9. The Labute approximate surface area is 150 Å². The van der Waals surface area contributed by atoms with Crippen LogP contribution in [0.5, 0.6) is 5.75 Å². The van der Waals surface area contributed by atoms with Gasteiger partial charge in [0.15, 0.2) is 0 Å². The SMILES string of the molecule is O=C1NCC2(CCN(CC3CCCCNC3)CC2)Oc2ccccc21. The lowest BCUT2D eigenvalue weighted by atomic mass is 9.90. The molecule has 1 spiro atoms. The molecule has 0 saturated carbocycles. The van der Waals surface area contributed by atoms with Crippen molar-refractivity contribution >= 4 is 5.91 Å². The molecule has 3 heterocycles. The van der Waals surface area contributed by atoms with E-state index in [-0.39, 0.29) is 11.5 Å². The molecule has 0 radical (unpaired) electrons. The maximum Gasteiger partial charge on any atom is 0.255 e. The van der Waals surface area contributed by atoms with Gasteiger partial charge in [0.2, 0.25) is 0 Å². The minimum atomic E-state index is -0.250. The summed E-state index contributed by atoms with van der Waals surface area (Å²) in [6, 6.07) is 7.60. The predicted molar refractivity (Wildman–Crippen MR) is 98.0 cm³/mol. The number of carbonyl (C=O) groups is 1. The second-order valence-corrected chi connectivity index (χ2v) is 7.83. The van der Waals surface area contributed by atoms with Crippen molar-refractivity contribution in [2.75, 3.05) is 39.3 Å². The summed E-state index contributed by atoms with van der Waals surface area (Å²) in [6.07, 6.45) is 5.95. The molecule has 0 aliphatic carbocycles. The van der Waals surface area contributed by atoms with Crippen LogP contribution in [0, 0.1) is 5.92 Å². The number of ether oxygens (including phenoxy) is 1. The first-order chi connectivity index (χ1) is 12.2. The first kappa shape index (κ1) is 16.9. The van der Waals surface area contributed by atoms with Gasteiger partial charge in [-0.05, 0) is 44.0 Å². The number of nitrogens with zero attached hydrogens (tertiary/aromatic N) is 1. The number of para-hydroxylation sites is 1. The van der Waals surface area contributed by atoms with Crippen LogP contribution in [-0.2, 0) is 0 Å². The first-order valence-corrected chi connectivity index (χ1v) is 9.73. The second kappa shape index (κ2) is 7.34. The van der Waals surface area contributed by atoms with Crippen molar-refractivity contribution in [2.45, 2.75) is 37.7 Å². The van der Waals surface area contributed by atoms with Crippen LogP contribution in [0.2, 0.25) is 0 Å². The van der Waals surface area contributed by atoms with Gasteiger partial charge in [-0.3, -0.25) is 4.79 Å². The Morgan fingerprint density at radius 1 is 1.20 bits per heavy atom. The molecule has 0 aromatic heterocycles. The Morgan fingerprint density at radius 2 is 2.04 bits per heavy atom. The van der Waals surface area contributed by atoms with E-state index in [2.05, 4.69) is 15.5 Å². The fourth-order valence-corrected chi connectivity index (χ4v) is 4.38. The average Bonchev–Trinajstić information content (AvgIpc) is 2.97. The van der Waals surface area contributed by atoms with Crippen molar-refractivity contribution in [3.8, 4) is 5.75 Å². The predicted octanol–water partition coefficient (Wildman–Crippen LogP) is 2.03. The molecular weight excluding hydrogens is 314 g/mol. The van der Waals surface area contributed by atoms with Crippen molar-refractivity contribution in [1.29, 1.82) is 0 Å². The number of fused-ring (bicyclic) bond motifs is 1. The topological polar surface area (TPSA) is 53.6 Å². The Hall–Kier alpha value is -1.59. The minimum absolute atomic E-state index is 0.0144. The zero-order valence-electron chi connectivity index (χ0n) is 14.9. The van der Waals surface area contributed by atoms with Crippen molar-refractivity contribution in [3.63, 3.8) is 0 Å². The van der Waals surface area contributed by atoms with Gasteiger partial charge in [-0.25, -0.2) is 0 Å². The van der Waals surface area contributed by atoms with Crippen LogP contribution in [0.25, 0.3) is 0 Å². The fourth-order valence-electron chi connectivity index (χ4n) is 4.38. The molecule has 1 amide bonds. The molecule has 136 valence electrons. The number of piperidine rings is 1. The lowest BCUT2D eigenvalue weighted by Crippen LogP contribution is -2.54. The van der Waals surface area contributed by atoms with E-state index in [0.29, 0.717) is 12.1 Å². The second-order valence-electron chi connectivity index (χ2n) is 7.83. The van der Waals surface area contributed by atoms with Crippen molar-refractivity contribution < 1.29 is 9.53 Å². The summed E-state index contributed by atoms with van der Waals surface area (Å²) >= 11 is 0. The van der Waals surface area contributed by atoms with Crippen LogP contribution >= 0.6 is 0 Å². The molecule has 2 N–H and O–H groups in total. The number of rotatable bonds is 2. The summed E-state index contributed by atoms with van der Waals surface area (Å²) in [7, 11) is 0. The molecule has 1 aromatic rings. The van der Waals surface area contributed by atoms with Crippen molar-refractivity contribution in [1.82, 2.24) is 15.5 Å². The van der Waals surface area contributed by atoms with E-state index >= 15 is 0 Å². The highest BCUT2D eigenvalue weighted by atomic mass is 16.5. The minimum Gasteiger partial charge on any atom is -0.485 e. The molecule has 2 fully saturated rings. The lowest BCUT2D eigenvalue weighted by Gasteiger charge is -2.42. The normalized spacial score (nSPS) is 26.9.